The Labute approximate surface area is 211 Å². The van der Waals surface area contributed by atoms with Crippen LogP contribution in [-0.4, -0.2) is 22.3 Å². The molecule has 1 saturated carbocycles. The fourth-order valence-corrected chi connectivity index (χ4v) is 5.18. The summed E-state index contributed by atoms with van der Waals surface area (Å²) in [5, 5.41) is 19.4. The number of allylic oxidation sites excluding steroid dienone is 2. The number of aliphatic hydroxyl groups excluding tert-OH is 1. The minimum atomic E-state index is -0.744. The smallest absolute Gasteiger partial charge is 0.303 e. The van der Waals surface area contributed by atoms with Gasteiger partial charge in [-0.25, -0.2) is 0 Å². The van der Waals surface area contributed by atoms with Crippen LogP contribution >= 0.6 is 0 Å². The second kappa shape index (κ2) is 14.9. The van der Waals surface area contributed by atoms with Crippen LogP contribution < -0.4 is 0 Å². The highest BCUT2D eigenvalue weighted by Gasteiger charge is 2.34. The molecule has 0 aromatic heterocycles. The van der Waals surface area contributed by atoms with Crippen molar-refractivity contribution in [2.45, 2.75) is 95.9 Å². The summed E-state index contributed by atoms with van der Waals surface area (Å²) in [6, 6.07) is 19.3. The molecule has 0 spiro atoms. The van der Waals surface area contributed by atoms with Crippen LogP contribution in [0, 0.1) is 5.92 Å². The number of ether oxygens (including phenoxy) is 1. The molecule has 1 aliphatic rings. The molecular weight excluding hydrogens is 436 g/mol. The summed E-state index contributed by atoms with van der Waals surface area (Å²) in [7, 11) is 0. The predicted molar refractivity (Wildman–Crippen MR) is 141 cm³/mol. The number of aliphatic carboxylic acids is 1. The van der Waals surface area contributed by atoms with E-state index in [2.05, 4.69) is 67.6 Å². The summed E-state index contributed by atoms with van der Waals surface area (Å²) in [6.07, 6.45) is 12.9. The zero-order chi connectivity index (χ0) is 24.9. The van der Waals surface area contributed by atoms with E-state index in [1.165, 1.54) is 29.5 Å². The first-order valence-corrected chi connectivity index (χ1v) is 13.4. The topological polar surface area (TPSA) is 66.8 Å². The van der Waals surface area contributed by atoms with Crippen LogP contribution in [-0.2, 0) is 16.1 Å². The molecule has 2 aromatic carbocycles. The molecule has 0 aliphatic heterocycles. The van der Waals surface area contributed by atoms with Crippen molar-refractivity contribution in [2.75, 3.05) is 0 Å². The lowest BCUT2D eigenvalue weighted by Crippen LogP contribution is -2.17. The fraction of sp³-hybridized carbons (Fsp3) is 0.516. The maximum absolute atomic E-state index is 10.7. The summed E-state index contributed by atoms with van der Waals surface area (Å²) < 4.78 is 6.38. The van der Waals surface area contributed by atoms with E-state index in [4.69, 9.17) is 9.84 Å². The first kappa shape index (κ1) is 27.2. The monoisotopic (exact) mass is 478 g/mol. The van der Waals surface area contributed by atoms with Crippen molar-refractivity contribution in [2.24, 2.45) is 5.92 Å². The molecule has 2 aromatic rings. The summed E-state index contributed by atoms with van der Waals surface area (Å²) in [4.78, 5) is 10.7. The first-order valence-electron chi connectivity index (χ1n) is 13.4. The molecule has 0 saturated heterocycles. The fourth-order valence-electron chi connectivity index (χ4n) is 5.18. The second-order valence-electron chi connectivity index (χ2n) is 9.86. The zero-order valence-electron chi connectivity index (χ0n) is 21.1. The number of rotatable bonds is 15. The van der Waals surface area contributed by atoms with Gasteiger partial charge in [0.05, 0.1) is 18.8 Å². The average Bonchev–Trinajstić information content (AvgIpc) is 3.24. The number of hydrogen-bond donors (Lipinski definition) is 2. The van der Waals surface area contributed by atoms with Crippen molar-refractivity contribution in [3.63, 3.8) is 0 Å². The Hall–Kier alpha value is -2.43. The highest BCUT2D eigenvalue weighted by Crippen LogP contribution is 2.42. The van der Waals surface area contributed by atoms with E-state index < -0.39 is 5.97 Å². The molecule has 4 atom stereocenters. The third kappa shape index (κ3) is 8.94. The summed E-state index contributed by atoms with van der Waals surface area (Å²) in [6.45, 7) is 2.85. The van der Waals surface area contributed by atoms with Crippen LogP contribution in [0.3, 0.4) is 0 Å². The number of carboxylic acid groups (broad SMARTS) is 1. The number of benzene rings is 2. The van der Waals surface area contributed by atoms with E-state index in [-0.39, 0.29) is 24.5 Å². The van der Waals surface area contributed by atoms with Gasteiger partial charge in [-0.15, -0.1) is 0 Å². The zero-order valence-corrected chi connectivity index (χ0v) is 21.1. The van der Waals surface area contributed by atoms with E-state index in [1.807, 2.05) is 6.07 Å². The molecule has 1 aliphatic carbocycles. The van der Waals surface area contributed by atoms with Crippen molar-refractivity contribution in [3.8, 4) is 0 Å². The summed E-state index contributed by atoms with van der Waals surface area (Å²) in [5.41, 5.74) is 3.72. The Kier molecular flexibility index (Phi) is 11.5. The van der Waals surface area contributed by atoms with Crippen molar-refractivity contribution in [1.29, 1.82) is 0 Å². The maximum atomic E-state index is 10.7. The molecule has 3 rings (SSSR count). The van der Waals surface area contributed by atoms with Crippen LogP contribution in [0.2, 0.25) is 0 Å². The number of carboxylic acids is 1. The lowest BCUT2D eigenvalue weighted by atomic mass is 9.85. The molecule has 0 bridgehead atoms. The predicted octanol–water partition coefficient (Wildman–Crippen LogP) is 7.58. The Morgan fingerprint density at radius 1 is 1.03 bits per heavy atom. The maximum Gasteiger partial charge on any atom is 0.303 e. The molecular formula is C31H42O4. The van der Waals surface area contributed by atoms with Gasteiger partial charge in [-0.1, -0.05) is 92.9 Å². The van der Waals surface area contributed by atoms with E-state index in [0.29, 0.717) is 18.9 Å². The van der Waals surface area contributed by atoms with Crippen LogP contribution in [0.5, 0.6) is 0 Å². The molecule has 1 fully saturated rings. The van der Waals surface area contributed by atoms with Crippen LogP contribution in [0.25, 0.3) is 0 Å². The molecule has 4 heteroatoms. The summed E-state index contributed by atoms with van der Waals surface area (Å²) >= 11 is 0. The van der Waals surface area contributed by atoms with Crippen molar-refractivity contribution in [3.05, 3.63) is 83.4 Å². The van der Waals surface area contributed by atoms with Crippen LogP contribution in [0.15, 0.2) is 66.7 Å². The molecule has 190 valence electrons. The van der Waals surface area contributed by atoms with Gasteiger partial charge in [-0.3, -0.25) is 4.79 Å². The van der Waals surface area contributed by atoms with E-state index >= 15 is 0 Å². The van der Waals surface area contributed by atoms with Gasteiger partial charge in [-0.05, 0) is 67.1 Å². The highest BCUT2D eigenvalue weighted by atomic mass is 16.5. The largest absolute Gasteiger partial charge is 0.481 e. The molecule has 1 unspecified atom stereocenters. The molecule has 35 heavy (non-hydrogen) atoms. The molecule has 2 N–H and O–H groups in total. The van der Waals surface area contributed by atoms with Gasteiger partial charge < -0.3 is 14.9 Å². The van der Waals surface area contributed by atoms with Gasteiger partial charge in [0, 0.05) is 6.42 Å². The van der Waals surface area contributed by atoms with Crippen molar-refractivity contribution >= 4 is 5.97 Å². The number of carbonyl (C=O) groups is 1. The minimum absolute atomic E-state index is 0.0921. The second-order valence-corrected chi connectivity index (χ2v) is 9.86. The third-order valence-electron chi connectivity index (χ3n) is 7.22. The van der Waals surface area contributed by atoms with E-state index in [1.54, 1.807) is 0 Å². The van der Waals surface area contributed by atoms with Gasteiger partial charge >= 0.3 is 5.97 Å². The van der Waals surface area contributed by atoms with E-state index in [9.17, 15) is 9.90 Å². The lowest BCUT2D eigenvalue weighted by molar-refractivity contribution is -0.137. The Bertz CT molecular complexity index is 890. The Morgan fingerprint density at radius 2 is 1.80 bits per heavy atom. The summed E-state index contributed by atoms with van der Waals surface area (Å²) in [5.74, 6) is -0.177. The van der Waals surface area contributed by atoms with Crippen molar-refractivity contribution < 1.29 is 19.7 Å². The molecule has 0 radical (unpaired) electrons. The Morgan fingerprint density at radius 3 is 2.51 bits per heavy atom. The molecule has 0 amide bonds. The van der Waals surface area contributed by atoms with Gasteiger partial charge in [0.25, 0.3) is 0 Å². The highest BCUT2D eigenvalue weighted by molar-refractivity contribution is 5.66. The third-order valence-corrected chi connectivity index (χ3v) is 7.22. The SMILES string of the molecule is CCCCCC(OCc1ccccc1)c1ccc([C@H]2CC[C@H](O)[C@@H]2C/C=C\CCCC(=O)O)cc1. The van der Waals surface area contributed by atoms with Gasteiger partial charge in [0.2, 0.25) is 0 Å². The lowest BCUT2D eigenvalue weighted by Gasteiger charge is -2.23. The quantitative estimate of drug-likeness (QED) is 0.204. The molecule has 0 heterocycles. The number of unbranched alkanes of at least 4 members (excludes halogenated alkanes) is 3. The van der Waals surface area contributed by atoms with Crippen molar-refractivity contribution in [1.82, 2.24) is 0 Å². The minimum Gasteiger partial charge on any atom is -0.481 e. The first-order chi connectivity index (χ1) is 17.1. The van der Waals surface area contributed by atoms with Crippen LogP contribution in [0.4, 0.5) is 0 Å². The number of aliphatic hydroxyl groups is 1. The van der Waals surface area contributed by atoms with Crippen LogP contribution in [0.1, 0.15) is 99.8 Å². The van der Waals surface area contributed by atoms with Gasteiger partial charge in [0.1, 0.15) is 0 Å². The number of hydrogen-bond acceptors (Lipinski definition) is 3. The van der Waals surface area contributed by atoms with Gasteiger partial charge in [0.15, 0.2) is 0 Å². The van der Waals surface area contributed by atoms with Gasteiger partial charge in [-0.2, -0.15) is 0 Å². The Balaban J connectivity index is 1.61. The van der Waals surface area contributed by atoms with E-state index in [0.717, 1.165) is 38.5 Å². The standard InChI is InChI=1S/C31H42O4/c1-2-3-7-15-30(35-23-24-12-8-6-9-13-24)26-19-17-25(18-20-26)27-21-22-29(32)28(27)14-10-4-5-11-16-31(33)34/h4,6,8-10,12-13,17-20,27-30,32H,2-3,5,7,11,14-16,21-23H2,1H3,(H,33,34)/b10-4-/t27-,28-,29+,30?/m1/s1. The normalized spacial score (nSPS) is 20.9. The average molecular weight is 479 g/mol. The molecule has 4 nitrogen and oxygen atoms in total.